The zero-order chi connectivity index (χ0) is 16.4. The number of amides is 1. The van der Waals surface area contributed by atoms with Crippen LogP contribution in [0.15, 0.2) is 24.3 Å². The normalized spacial score (nSPS) is 18.3. The van der Waals surface area contributed by atoms with E-state index in [-0.39, 0.29) is 5.91 Å². The Hall–Kier alpha value is -1.98. The highest BCUT2D eigenvalue weighted by molar-refractivity contribution is 6.03. The number of morpholine rings is 1. The third kappa shape index (κ3) is 3.14. The third-order valence-electron chi connectivity index (χ3n) is 4.90. The van der Waals surface area contributed by atoms with E-state index < -0.39 is 0 Å². The van der Waals surface area contributed by atoms with Gasteiger partial charge >= 0.3 is 0 Å². The van der Waals surface area contributed by atoms with Crippen molar-refractivity contribution in [2.75, 3.05) is 38.2 Å². The largest absolute Gasteiger partial charge is 0.379 e. The number of nitrogens with one attached hydrogen (secondary N) is 1. The van der Waals surface area contributed by atoms with Crippen LogP contribution in [0.2, 0.25) is 0 Å². The summed E-state index contributed by atoms with van der Waals surface area (Å²) in [5, 5.41) is 4.25. The molecule has 1 amide bonds. The van der Waals surface area contributed by atoms with Crippen LogP contribution in [0.5, 0.6) is 0 Å². The summed E-state index contributed by atoms with van der Waals surface area (Å²) in [7, 11) is 0. The van der Waals surface area contributed by atoms with Crippen molar-refractivity contribution in [3.8, 4) is 0 Å². The highest BCUT2D eigenvalue weighted by Gasteiger charge is 2.20. The first kappa shape index (κ1) is 15.5. The molecule has 4 rings (SSSR count). The monoisotopic (exact) mass is 325 g/mol. The maximum atomic E-state index is 12.6. The van der Waals surface area contributed by atoms with Crippen LogP contribution in [0.4, 0.5) is 5.69 Å². The molecule has 0 saturated carbocycles. The number of anilines is 1. The minimum absolute atomic E-state index is 0.0565. The fourth-order valence-electron chi connectivity index (χ4n) is 3.66. The van der Waals surface area contributed by atoms with E-state index in [0.29, 0.717) is 19.8 Å². The fraction of sp³-hybridized carbons (Fsp3) is 0.474. The van der Waals surface area contributed by atoms with Crippen LogP contribution in [-0.2, 0) is 22.4 Å². The molecule has 1 fully saturated rings. The van der Waals surface area contributed by atoms with Crippen LogP contribution in [0, 0.1) is 0 Å². The lowest BCUT2D eigenvalue weighted by Gasteiger charge is -2.26. The van der Waals surface area contributed by atoms with E-state index in [9.17, 15) is 4.79 Å². The Morgan fingerprint density at radius 1 is 1.17 bits per heavy atom. The predicted molar refractivity (Wildman–Crippen MR) is 94.3 cm³/mol. The lowest BCUT2D eigenvalue weighted by atomic mass is 9.92. The molecule has 5 heteroatoms. The maximum Gasteiger partial charge on any atom is 0.238 e. The number of pyridine rings is 1. The Balaban J connectivity index is 1.63. The molecule has 1 saturated heterocycles. The fourth-order valence-corrected chi connectivity index (χ4v) is 3.66. The summed E-state index contributed by atoms with van der Waals surface area (Å²) < 4.78 is 5.35. The molecule has 0 bridgehead atoms. The summed E-state index contributed by atoms with van der Waals surface area (Å²) in [5.41, 5.74) is 4.34. The SMILES string of the molecule is O=C(CN1CCOCC1)Nc1c2c(nc3ccccc13)CCCC2. The molecule has 24 heavy (non-hydrogen) atoms. The van der Waals surface area contributed by atoms with Crippen molar-refractivity contribution in [2.24, 2.45) is 0 Å². The molecule has 1 aliphatic heterocycles. The minimum atomic E-state index is 0.0565. The summed E-state index contributed by atoms with van der Waals surface area (Å²) >= 11 is 0. The summed E-state index contributed by atoms with van der Waals surface area (Å²) in [6.07, 6.45) is 4.35. The van der Waals surface area contributed by atoms with Crippen LogP contribution >= 0.6 is 0 Å². The zero-order valence-electron chi connectivity index (χ0n) is 13.9. The van der Waals surface area contributed by atoms with Gasteiger partial charge in [0, 0.05) is 24.2 Å². The molecule has 5 nitrogen and oxygen atoms in total. The Labute approximate surface area is 142 Å². The second kappa shape index (κ2) is 6.87. The number of para-hydroxylation sites is 1. The number of hydrogen-bond donors (Lipinski definition) is 1. The lowest BCUT2D eigenvalue weighted by Crippen LogP contribution is -2.41. The molecular formula is C19H23N3O2. The average Bonchev–Trinajstić information content (AvgIpc) is 2.62. The van der Waals surface area contributed by atoms with E-state index in [4.69, 9.17) is 9.72 Å². The Bertz CT molecular complexity index is 754. The summed E-state index contributed by atoms with van der Waals surface area (Å²) in [4.78, 5) is 19.6. The van der Waals surface area contributed by atoms with Gasteiger partial charge in [0.25, 0.3) is 0 Å². The summed E-state index contributed by atoms with van der Waals surface area (Å²) in [6, 6.07) is 8.10. The van der Waals surface area contributed by atoms with Gasteiger partial charge in [-0.15, -0.1) is 0 Å². The number of carbonyl (C=O) groups excluding carboxylic acids is 1. The number of aromatic nitrogens is 1. The smallest absolute Gasteiger partial charge is 0.238 e. The van der Waals surface area contributed by atoms with Gasteiger partial charge in [-0.2, -0.15) is 0 Å². The van der Waals surface area contributed by atoms with E-state index in [2.05, 4.69) is 16.3 Å². The van der Waals surface area contributed by atoms with Gasteiger partial charge < -0.3 is 10.1 Å². The van der Waals surface area contributed by atoms with Crippen molar-refractivity contribution in [3.05, 3.63) is 35.5 Å². The molecule has 126 valence electrons. The van der Waals surface area contributed by atoms with Crippen molar-refractivity contribution in [2.45, 2.75) is 25.7 Å². The van der Waals surface area contributed by atoms with E-state index in [1.165, 1.54) is 18.4 Å². The van der Waals surface area contributed by atoms with E-state index >= 15 is 0 Å². The molecule has 0 spiro atoms. The molecule has 2 heterocycles. The molecule has 1 aromatic heterocycles. The van der Waals surface area contributed by atoms with Gasteiger partial charge in [0.1, 0.15) is 0 Å². The van der Waals surface area contributed by atoms with Crippen molar-refractivity contribution in [3.63, 3.8) is 0 Å². The van der Waals surface area contributed by atoms with Crippen molar-refractivity contribution in [1.29, 1.82) is 0 Å². The highest BCUT2D eigenvalue weighted by Crippen LogP contribution is 2.33. The number of carbonyl (C=O) groups is 1. The quantitative estimate of drug-likeness (QED) is 0.941. The number of ether oxygens (including phenoxy) is 1. The summed E-state index contributed by atoms with van der Waals surface area (Å²) in [6.45, 7) is 3.49. The average molecular weight is 325 g/mol. The van der Waals surface area contributed by atoms with Gasteiger partial charge in [-0.05, 0) is 37.3 Å². The molecule has 0 atom stereocenters. The van der Waals surface area contributed by atoms with Gasteiger partial charge in [0.2, 0.25) is 5.91 Å². The van der Waals surface area contributed by atoms with Crippen LogP contribution in [0.1, 0.15) is 24.1 Å². The lowest BCUT2D eigenvalue weighted by molar-refractivity contribution is -0.118. The molecule has 2 aromatic rings. The van der Waals surface area contributed by atoms with E-state index in [0.717, 1.165) is 48.2 Å². The van der Waals surface area contributed by atoms with Gasteiger partial charge in [0.05, 0.1) is 31.0 Å². The van der Waals surface area contributed by atoms with Crippen LogP contribution in [-0.4, -0.2) is 48.6 Å². The van der Waals surface area contributed by atoms with Gasteiger partial charge in [-0.25, -0.2) is 0 Å². The van der Waals surface area contributed by atoms with Crippen molar-refractivity contribution >= 4 is 22.5 Å². The number of fused-ring (bicyclic) bond motifs is 2. The van der Waals surface area contributed by atoms with Crippen LogP contribution in [0.25, 0.3) is 10.9 Å². The number of aryl methyl sites for hydroxylation is 1. The minimum Gasteiger partial charge on any atom is -0.379 e. The Kier molecular flexibility index (Phi) is 4.45. The predicted octanol–water partition coefficient (Wildman–Crippen LogP) is 2.38. The molecular weight excluding hydrogens is 302 g/mol. The zero-order valence-corrected chi connectivity index (χ0v) is 13.9. The molecule has 0 unspecified atom stereocenters. The van der Waals surface area contributed by atoms with Crippen molar-refractivity contribution < 1.29 is 9.53 Å². The molecule has 1 N–H and O–H groups in total. The first-order chi connectivity index (χ1) is 11.8. The number of benzene rings is 1. The van der Waals surface area contributed by atoms with Crippen LogP contribution < -0.4 is 5.32 Å². The van der Waals surface area contributed by atoms with E-state index in [1.54, 1.807) is 0 Å². The topological polar surface area (TPSA) is 54.5 Å². The third-order valence-corrected chi connectivity index (χ3v) is 4.90. The van der Waals surface area contributed by atoms with Crippen LogP contribution in [0.3, 0.4) is 0 Å². The molecule has 1 aliphatic carbocycles. The van der Waals surface area contributed by atoms with Gasteiger partial charge in [0.15, 0.2) is 0 Å². The Morgan fingerprint density at radius 2 is 1.96 bits per heavy atom. The Morgan fingerprint density at radius 3 is 2.83 bits per heavy atom. The van der Waals surface area contributed by atoms with Crippen molar-refractivity contribution in [1.82, 2.24) is 9.88 Å². The number of hydrogen-bond acceptors (Lipinski definition) is 4. The standard InChI is InChI=1S/C19H23N3O2/c23-18(13-22-9-11-24-12-10-22)21-19-14-5-1-3-7-16(14)20-17-8-4-2-6-15(17)19/h1,3,5,7H,2,4,6,8-13H2,(H,20,21,23). The highest BCUT2D eigenvalue weighted by atomic mass is 16.5. The summed E-state index contributed by atoms with van der Waals surface area (Å²) in [5.74, 6) is 0.0565. The number of nitrogens with zero attached hydrogens (tertiary/aromatic N) is 2. The molecule has 0 radical (unpaired) electrons. The molecule has 2 aliphatic rings. The maximum absolute atomic E-state index is 12.6. The number of rotatable bonds is 3. The second-order valence-corrected chi connectivity index (χ2v) is 6.57. The van der Waals surface area contributed by atoms with E-state index in [1.807, 2.05) is 18.2 Å². The first-order valence-electron chi connectivity index (χ1n) is 8.82. The first-order valence-corrected chi connectivity index (χ1v) is 8.82. The second-order valence-electron chi connectivity index (χ2n) is 6.57. The van der Waals surface area contributed by atoms with Gasteiger partial charge in [-0.3, -0.25) is 14.7 Å². The van der Waals surface area contributed by atoms with Gasteiger partial charge in [-0.1, -0.05) is 18.2 Å². The molecule has 1 aromatic carbocycles.